The highest BCUT2D eigenvalue weighted by molar-refractivity contribution is 7.20. The van der Waals surface area contributed by atoms with Crippen LogP contribution in [0.2, 0.25) is 0 Å². The van der Waals surface area contributed by atoms with Crippen LogP contribution in [0.1, 0.15) is 45.8 Å². The predicted octanol–water partition coefficient (Wildman–Crippen LogP) is 4.91. The number of para-hydroxylation sites is 1. The molecule has 0 bridgehead atoms. The van der Waals surface area contributed by atoms with E-state index in [9.17, 15) is 4.79 Å². The minimum Gasteiger partial charge on any atom is -0.346 e. The first-order valence-electron chi connectivity index (χ1n) is 8.80. The van der Waals surface area contributed by atoms with E-state index in [0.717, 1.165) is 32.3 Å². The van der Waals surface area contributed by atoms with Gasteiger partial charge in [-0.2, -0.15) is 5.10 Å². The summed E-state index contributed by atoms with van der Waals surface area (Å²) < 4.78 is 1.90. The molecule has 0 atom stereocenters. The first-order valence-corrected chi connectivity index (χ1v) is 10.5. The molecule has 0 radical (unpaired) electrons. The van der Waals surface area contributed by atoms with E-state index in [2.05, 4.69) is 29.2 Å². The van der Waals surface area contributed by atoms with E-state index in [1.807, 2.05) is 53.4 Å². The number of carbonyl (C=O) groups excluding carboxylic acids is 1. The number of benzene rings is 1. The van der Waals surface area contributed by atoms with Crippen LogP contribution in [0.15, 0.2) is 41.8 Å². The van der Waals surface area contributed by atoms with Crippen LogP contribution in [-0.2, 0) is 6.54 Å². The summed E-state index contributed by atoms with van der Waals surface area (Å²) in [7, 11) is 0. The Hall–Kier alpha value is -2.51. The standard InChI is InChI=1S/C20H20N4OS2/c1-12(2)19-22-14(11-26-19)10-21-18(25)17-9-16-13(3)23-24(20(16)27-17)15-7-5-4-6-8-15/h4-9,11-12H,10H2,1-3H3,(H,21,25). The Morgan fingerprint density at radius 2 is 2.04 bits per heavy atom. The molecule has 0 saturated carbocycles. The van der Waals surface area contributed by atoms with Crippen molar-refractivity contribution < 1.29 is 4.79 Å². The Morgan fingerprint density at radius 1 is 1.26 bits per heavy atom. The molecule has 7 heteroatoms. The fraction of sp³-hybridized carbons (Fsp3) is 0.250. The number of hydrogen-bond acceptors (Lipinski definition) is 5. The molecular formula is C20H20N4OS2. The van der Waals surface area contributed by atoms with E-state index in [1.54, 1.807) is 11.3 Å². The Labute approximate surface area is 165 Å². The van der Waals surface area contributed by atoms with Crippen molar-refractivity contribution in [3.63, 3.8) is 0 Å². The summed E-state index contributed by atoms with van der Waals surface area (Å²) in [6.45, 7) is 6.66. The summed E-state index contributed by atoms with van der Waals surface area (Å²) in [6, 6.07) is 11.9. The van der Waals surface area contributed by atoms with Crippen molar-refractivity contribution in [2.45, 2.75) is 33.2 Å². The molecule has 0 saturated heterocycles. The lowest BCUT2D eigenvalue weighted by atomic mass is 10.2. The van der Waals surface area contributed by atoms with Crippen LogP contribution < -0.4 is 5.32 Å². The number of thiophene rings is 1. The first-order chi connectivity index (χ1) is 13.0. The number of carbonyl (C=O) groups is 1. The maximum absolute atomic E-state index is 12.6. The lowest BCUT2D eigenvalue weighted by Gasteiger charge is -2.02. The Kier molecular flexibility index (Phi) is 4.80. The Balaban J connectivity index is 1.55. The number of hydrogen-bond donors (Lipinski definition) is 1. The average Bonchev–Trinajstić information content (AvgIpc) is 3.37. The lowest BCUT2D eigenvalue weighted by molar-refractivity contribution is 0.0954. The number of aryl methyl sites for hydroxylation is 1. The summed E-state index contributed by atoms with van der Waals surface area (Å²) in [6.07, 6.45) is 0. The third kappa shape index (κ3) is 3.52. The molecule has 4 aromatic rings. The van der Waals surface area contributed by atoms with E-state index in [4.69, 9.17) is 0 Å². The number of aromatic nitrogens is 3. The van der Waals surface area contributed by atoms with Crippen LogP contribution in [0.4, 0.5) is 0 Å². The van der Waals surface area contributed by atoms with Crippen LogP contribution in [-0.4, -0.2) is 20.7 Å². The minimum atomic E-state index is -0.0747. The Bertz CT molecular complexity index is 1090. The highest BCUT2D eigenvalue weighted by Crippen LogP contribution is 2.30. The van der Waals surface area contributed by atoms with Crippen molar-refractivity contribution in [3.8, 4) is 5.69 Å². The van der Waals surface area contributed by atoms with Crippen LogP contribution >= 0.6 is 22.7 Å². The second-order valence-corrected chi connectivity index (χ2v) is 8.60. The van der Waals surface area contributed by atoms with Gasteiger partial charge >= 0.3 is 0 Å². The second-order valence-electron chi connectivity index (χ2n) is 6.68. The molecule has 3 aromatic heterocycles. The molecule has 0 unspecified atom stereocenters. The molecule has 0 fully saturated rings. The largest absolute Gasteiger partial charge is 0.346 e. The maximum Gasteiger partial charge on any atom is 0.261 e. The zero-order valence-electron chi connectivity index (χ0n) is 15.4. The van der Waals surface area contributed by atoms with Gasteiger partial charge in [-0.05, 0) is 25.1 Å². The lowest BCUT2D eigenvalue weighted by Crippen LogP contribution is -2.22. The van der Waals surface area contributed by atoms with Gasteiger partial charge in [0.15, 0.2) is 0 Å². The number of rotatable bonds is 5. The molecule has 0 aliphatic heterocycles. The van der Waals surface area contributed by atoms with Gasteiger partial charge in [0, 0.05) is 16.7 Å². The molecule has 4 rings (SSSR count). The number of nitrogens with zero attached hydrogens (tertiary/aromatic N) is 3. The summed E-state index contributed by atoms with van der Waals surface area (Å²) in [5.74, 6) is 0.334. The van der Waals surface area contributed by atoms with Crippen molar-refractivity contribution in [3.05, 3.63) is 63.1 Å². The molecular weight excluding hydrogens is 376 g/mol. The summed E-state index contributed by atoms with van der Waals surface area (Å²) in [5.41, 5.74) is 2.82. The molecule has 0 aliphatic rings. The van der Waals surface area contributed by atoms with Crippen LogP contribution in [0, 0.1) is 6.92 Å². The fourth-order valence-electron chi connectivity index (χ4n) is 2.83. The van der Waals surface area contributed by atoms with E-state index in [0.29, 0.717) is 17.3 Å². The molecule has 1 amide bonds. The van der Waals surface area contributed by atoms with Crippen molar-refractivity contribution in [2.24, 2.45) is 0 Å². The molecule has 5 nitrogen and oxygen atoms in total. The average molecular weight is 397 g/mol. The smallest absolute Gasteiger partial charge is 0.261 e. The first kappa shape index (κ1) is 17.9. The van der Waals surface area contributed by atoms with Gasteiger partial charge in [0.2, 0.25) is 0 Å². The number of amides is 1. The second kappa shape index (κ2) is 7.25. The number of thiazole rings is 1. The van der Waals surface area contributed by atoms with Gasteiger partial charge in [-0.3, -0.25) is 4.79 Å². The van der Waals surface area contributed by atoms with Crippen LogP contribution in [0.3, 0.4) is 0 Å². The van der Waals surface area contributed by atoms with Gasteiger partial charge in [0.05, 0.1) is 33.5 Å². The maximum atomic E-state index is 12.6. The molecule has 3 heterocycles. The quantitative estimate of drug-likeness (QED) is 0.522. The Morgan fingerprint density at radius 3 is 2.74 bits per heavy atom. The van der Waals surface area contributed by atoms with E-state index >= 15 is 0 Å². The van der Waals surface area contributed by atoms with Crippen LogP contribution in [0.25, 0.3) is 15.9 Å². The van der Waals surface area contributed by atoms with Crippen molar-refractivity contribution in [1.29, 1.82) is 0 Å². The predicted molar refractivity (Wildman–Crippen MR) is 111 cm³/mol. The normalized spacial score (nSPS) is 11.4. The van der Waals surface area contributed by atoms with Gasteiger partial charge in [-0.1, -0.05) is 32.0 Å². The zero-order chi connectivity index (χ0) is 19.0. The van der Waals surface area contributed by atoms with Gasteiger partial charge in [-0.25, -0.2) is 9.67 Å². The number of fused-ring (bicyclic) bond motifs is 1. The fourth-order valence-corrected chi connectivity index (χ4v) is 4.76. The third-order valence-corrected chi connectivity index (χ3v) is 6.57. The highest BCUT2D eigenvalue weighted by atomic mass is 32.1. The van der Waals surface area contributed by atoms with Crippen molar-refractivity contribution in [2.75, 3.05) is 0 Å². The molecule has 138 valence electrons. The summed E-state index contributed by atoms with van der Waals surface area (Å²) in [4.78, 5) is 18.9. The monoisotopic (exact) mass is 396 g/mol. The van der Waals surface area contributed by atoms with Crippen molar-refractivity contribution >= 4 is 38.8 Å². The van der Waals surface area contributed by atoms with Gasteiger partial charge < -0.3 is 5.32 Å². The van der Waals surface area contributed by atoms with E-state index in [1.165, 1.54) is 11.3 Å². The SMILES string of the molecule is Cc1nn(-c2ccccc2)c2sc(C(=O)NCc3csc(C(C)C)n3)cc12. The molecule has 0 spiro atoms. The van der Waals surface area contributed by atoms with Crippen LogP contribution in [0.5, 0.6) is 0 Å². The van der Waals surface area contributed by atoms with Gasteiger partial charge in [0.25, 0.3) is 5.91 Å². The zero-order valence-corrected chi connectivity index (χ0v) is 17.0. The summed E-state index contributed by atoms with van der Waals surface area (Å²) in [5, 5.41) is 11.7. The third-order valence-electron chi connectivity index (χ3n) is 4.26. The molecule has 0 aliphatic carbocycles. The highest BCUT2D eigenvalue weighted by Gasteiger charge is 2.17. The topological polar surface area (TPSA) is 59.8 Å². The van der Waals surface area contributed by atoms with Gasteiger partial charge in [-0.15, -0.1) is 22.7 Å². The minimum absolute atomic E-state index is 0.0747. The molecule has 27 heavy (non-hydrogen) atoms. The van der Waals surface area contributed by atoms with E-state index in [-0.39, 0.29) is 5.91 Å². The molecule has 1 aromatic carbocycles. The summed E-state index contributed by atoms with van der Waals surface area (Å²) >= 11 is 3.10. The van der Waals surface area contributed by atoms with Gasteiger partial charge in [0.1, 0.15) is 4.83 Å². The molecule has 1 N–H and O–H groups in total. The van der Waals surface area contributed by atoms with Crippen molar-refractivity contribution in [1.82, 2.24) is 20.1 Å². The number of nitrogens with one attached hydrogen (secondary N) is 1. The van der Waals surface area contributed by atoms with E-state index < -0.39 is 0 Å².